The van der Waals surface area contributed by atoms with Crippen molar-refractivity contribution in [2.24, 2.45) is 0 Å². The van der Waals surface area contributed by atoms with Crippen LogP contribution in [0.4, 0.5) is 0 Å². The number of rotatable bonds is 3. The van der Waals surface area contributed by atoms with Gasteiger partial charge in [0.1, 0.15) is 0 Å². The van der Waals surface area contributed by atoms with Crippen LogP contribution in [0.2, 0.25) is 5.02 Å². The predicted octanol–water partition coefficient (Wildman–Crippen LogP) is 6.88. The highest BCUT2D eigenvalue weighted by molar-refractivity contribution is 9.10. The van der Waals surface area contributed by atoms with E-state index < -0.39 is 0 Å². The minimum absolute atomic E-state index is 0.639. The molecule has 0 radical (unpaired) electrons. The lowest BCUT2D eigenvalue weighted by atomic mass is 10.0. The van der Waals surface area contributed by atoms with Crippen LogP contribution in [0.25, 0.3) is 17.3 Å². The Morgan fingerprint density at radius 1 is 1.08 bits per heavy atom. The smallest absolute Gasteiger partial charge is 0.0998 e. The first kappa shape index (κ1) is 18.5. The zero-order chi connectivity index (χ0) is 18.8. The Morgan fingerprint density at radius 2 is 1.77 bits per heavy atom. The Kier molecular flexibility index (Phi) is 5.36. The average molecular weight is 426 g/mol. The van der Waals surface area contributed by atoms with Crippen molar-refractivity contribution in [1.82, 2.24) is 4.57 Å². The molecular formula is C22H18BrClN2. The highest BCUT2D eigenvalue weighted by Gasteiger charge is 2.13. The first-order valence-corrected chi connectivity index (χ1v) is 9.41. The maximum Gasteiger partial charge on any atom is 0.0998 e. The van der Waals surface area contributed by atoms with Crippen LogP contribution in [-0.4, -0.2) is 4.57 Å². The van der Waals surface area contributed by atoms with Crippen molar-refractivity contribution in [1.29, 1.82) is 5.26 Å². The average Bonchev–Trinajstić information content (AvgIpc) is 2.89. The molecule has 0 aliphatic rings. The van der Waals surface area contributed by atoms with Gasteiger partial charge in [-0.05, 0) is 73.9 Å². The van der Waals surface area contributed by atoms with E-state index in [1.165, 1.54) is 0 Å². The zero-order valence-corrected chi connectivity index (χ0v) is 17.2. The number of hydrogen-bond acceptors (Lipinski definition) is 1. The van der Waals surface area contributed by atoms with E-state index in [-0.39, 0.29) is 0 Å². The lowest BCUT2D eigenvalue weighted by Crippen LogP contribution is -2.01. The number of aromatic nitrogens is 1. The van der Waals surface area contributed by atoms with Crippen molar-refractivity contribution in [3.63, 3.8) is 0 Å². The fourth-order valence-electron chi connectivity index (χ4n) is 3.09. The van der Waals surface area contributed by atoms with E-state index in [4.69, 9.17) is 11.6 Å². The number of benzene rings is 2. The van der Waals surface area contributed by atoms with E-state index in [1.54, 1.807) is 0 Å². The Hall–Kier alpha value is -2.28. The summed E-state index contributed by atoms with van der Waals surface area (Å²) in [6.07, 6.45) is 1.95. The summed E-state index contributed by atoms with van der Waals surface area (Å²) in [7, 11) is 0. The Bertz CT molecular complexity index is 1040. The molecular weight excluding hydrogens is 408 g/mol. The standard InChI is InChI=1S/C22H18BrClN2/c1-14-4-9-21(24)12-22(14)26-15(2)10-18(16(26)3)11-19(13-25)17-5-7-20(23)8-6-17/h4-12H,1-3H3/b19-11-. The Balaban J connectivity index is 2.12. The van der Waals surface area contributed by atoms with Gasteiger partial charge in [-0.15, -0.1) is 0 Å². The van der Waals surface area contributed by atoms with Gasteiger partial charge >= 0.3 is 0 Å². The molecule has 26 heavy (non-hydrogen) atoms. The highest BCUT2D eigenvalue weighted by Crippen LogP contribution is 2.28. The second-order valence-electron chi connectivity index (χ2n) is 6.27. The van der Waals surface area contributed by atoms with E-state index in [0.29, 0.717) is 10.6 Å². The fourth-order valence-corrected chi connectivity index (χ4v) is 3.52. The summed E-state index contributed by atoms with van der Waals surface area (Å²) in [5, 5.41) is 10.3. The molecule has 0 N–H and O–H groups in total. The van der Waals surface area contributed by atoms with Gasteiger partial charge < -0.3 is 4.57 Å². The van der Waals surface area contributed by atoms with Crippen molar-refractivity contribution < 1.29 is 0 Å². The van der Waals surface area contributed by atoms with E-state index in [1.807, 2.05) is 48.5 Å². The van der Waals surface area contributed by atoms with Gasteiger partial charge in [0.15, 0.2) is 0 Å². The van der Waals surface area contributed by atoms with Gasteiger partial charge in [0.05, 0.1) is 11.6 Å². The summed E-state index contributed by atoms with van der Waals surface area (Å²) < 4.78 is 3.18. The van der Waals surface area contributed by atoms with Crippen LogP contribution >= 0.6 is 27.5 Å². The van der Waals surface area contributed by atoms with Gasteiger partial charge in [0.25, 0.3) is 0 Å². The van der Waals surface area contributed by atoms with E-state index in [0.717, 1.165) is 38.2 Å². The maximum atomic E-state index is 9.62. The molecule has 0 spiro atoms. The number of hydrogen-bond donors (Lipinski definition) is 0. The fraction of sp³-hybridized carbons (Fsp3) is 0.136. The lowest BCUT2D eigenvalue weighted by molar-refractivity contribution is 0.954. The van der Waals surface area contributed by atoms with Crippen LogP contribution < -0.4 is 0 Å². The highest BCUT2D eigenvalue weighted by atomic mass is 79.9. The number of allylic oxidation sites excluding steroid dienone is 1. The summed E-state index contributed by atoms with van der Waals surface area (Å²) in [6, 6.07) is 18.1. The van der Waals surface area contributed by atoms with Crippen LogP contribution in [-0.2, 0) is 0 Å². The molecule has 0 unspecified atom stereocenters. The first-order valence-electron chi connectivity index (χ1n) is 8.24. The topological polar surface area (TPSA) is 28.7 Å². The van der Waals surface area contributed by atoms with Gasteiger partial charge in [0, 0.05) is 26.6 Å². The number of aryl methyl sites for hydroxylation is 2. The molecule has 0 atom stereocenters. The third-order valence-electron chi connectivity index (χ3n) is 4.46. The molecule has 130 valence electrons. The number of nitriles is 1. The minimum Gasteiger partial charge on any atom is -0.318 e. The quantitative estimate of drug-likeness (QED) is 0.420. The van der Waals surface area contributed by atoms with Gasteiger partial charge in [-0.3, -0.25) is 0 Å². The van der Waals surface area contributed by atoms with Gasteiger partial charge in [-0.2, -0.15) is 5.26 Å². The molecule has 0 bridgehead atoms. The molecule has 1 heterocycles. The molecule has 3 aromatic rings. The SMILES string of the molecule is Cc1ccc(Cl)cc1-n1c(C)cc(/C=C(/C#N)c2ccc(Br)cc2)c1C. The molecule has 4 heteroatoms. The third-order valence-corrected chi connectivity index (χ3v) is 5.22. The molecule has 0 fully saturated rings. The Morgan fingerprint density at radius 3 is 2.42 bits per heavy atom. The summed E-state index contributed by atoms with van der Waals surface area (Å²) >= 11 is 9.64. The van der Waals surface area contributed by atoms with Crippen molar-refractivity contribution in [2.75, 3.05) is 0 Å². The van der Waals surface area contributed by atoms with Crippen molar-refractivity contribution >= 4 is 39.2 Å². The van der Waals surface area contributed by atoms with Crippen LogP contribution in [0.3, 0.4) is 0 Å². The van der Waals surface area contributed by atoms with Crippen LogP contribution in [0, 0.1) is 32.1 Å². The van der Waals surface area contributed by atoms with Gasteiger partial charge in [-0.1, -0.05) is 45.7 Å². The molecule has 1 aromatic heterocycles. The molecule has 0 aliphatic carbocycles. The third kappa shape index (κ3) is 3.62. The number of halogens is 2. The van der Waals surface area contributed by atoms with Crippen LogP contribution in [0.1, 0.15) is 28.1 Å². The van der Waals surface area contributed by atoms with Gasteiger partial charge in [0.2, 0.25) is 0 Å². The van der Waals surface area contributed by atoms with E-state index in [2.05, 4.69) is 53.4 Å². The molecule has 2 nitrogen and oxygen atoms in total. The first-order chi connectivity index (χ1) is 12.4. The summed E-state index contributed by atoms with van der Waals surface area (Å²) in [5.41, 5.74) is 6.97. The van der Waals surface area contributed by atoms with Gasteiger partial charge in [-0.25, -0.2) is 0 Å². The molecule has 2 aromatic carbocycles. The molecule has 0 saturated heterocycles. The van der Waals surface area contributed by atoms with Crippen molar-refractivity contribution in [3.8, 4) is 11.8 Å². The number of nitrogens with zero attached hydrogens (tertiary/aromatic N) is 2. The van der Waals surface area contributed by atoms with Crippen LogP contribution in [0.5, 0.6) is 0 Å². The summed E-state index contributed by atoms with van der Waals surface area (Å²) in [5.74, 6) is 0. The van der Waals surface area contributed by atoms with E-state index >= 15 is 0 Å². The summed E-state index contributed by atoms with van der Waals surface area (Å²) in [6.45, 7) is 6.20. The predicted molar refractivity (Wildman–Crippen MR) is 113 cm³/mol. The van der Waals surface area contributed by atoms with E-state index in [9.17, 15) is 5.26 Å². The normalized spacial score (nSPS) is 11.5. The van der Waals surface area contributed by atoms with Crippen molar-refractivity contribution in [2.45, 2.75) is 20.8 Å². The lowest BCUT2D eigenvalue weighted by Gasteiger charge is -2.13. The maximum absolute atomic E-state index is 9.62. The second-order valence-corrected chi connectivity index (χ2v) is 7.62. The molecule has 0 saturated carbocycles. The van der Waals surface area contributed by atoms with Crippen molar-refractivity contribution in [3.05, 3.63) is 86.1 Å². The zero-order valence-electron chi connectivity index (χ0n) is 14.8. The Labute approximate surface area is 167 Å². The molecule has 3 rings (SSSR count). The molecule has 0 amide bonds. The second kappa shape index (κ2) is 7.53. The molecule has 0 aliphatic heterocycles. The minimum atomic E-state index is 0.639. The summed E-state index contributed by atoms with van der Waals surface area (Å²) in [4.78, 5) is 0. The monoisotopic (exact) mass is 424 g/mol. The largest absolute Gasteiger partial charge is 0.318 e. The van der Waals surface area contributed by atoms with Crippen LogP contribution in [0.15, 0.2) is 53.0 Å².